The Bertz CT molecular complexity index is 806. The fourth-order valence-electron chi connectivity index (χ4n) is 1.62. The van der Waals surface area contributed by atoms with Gasteiger partial charge >= 0.3 is 12.1 Å². The first-order valence-corrected chi connectivity index (χ1v) is 6.13. The normalized spacial score (nSPS) is 11.1. The number of anilines is 1. The van der Waals surface area contributed by atoms with E-state index < -0.39 is 29.3 Å². The van der Waals surface area contributed by atoms with Gasteiger partial charge in [0.15, 0.2) is 0 Å². The van der Waals surface area contributed by atoms with E-state index in [0.717, 1.165) is 22.8 Å². The molecule has 0 aliphatic heterocycles. The molecule has 0 atom stereocenters. The molecule has 1 amide bonds. The molecule has 0 unspecified atom stereocenters. The molecule has 2 N–H and O–H groups in total. The molecule has 1 heterocycles. The number of nitrogens with one attached hydrogen (secondary N) is 2. The summed E-state index contributed by atoms with van der Waals surface area (Å²) in [6.45, 7) is 0. The third kappa shape index (κ3) is 4.22. The van der Waals surface area contributed by atoms with Crippen molar-refractivity contribution in [3.05, 3.63) is 56.9 Å². The predicted molar refractivity (Wildman–Crippen MR) is 73.4 cm³/mol. The fraction of sp³-hybridized carbons (Fsp3) is 0.154. The molecule has 0 bridgehead atoms. The number of halogens is 3. The fourth-order valence-corrected chi connectivity index (χ4v) is 1.62. The summed E-state index contributed by atoms with van der Waals surface area (Å²) in [5, 5.41) is 2.33. The summed E-state index contributed by atoms with van der Waals surface area (Å²) in [7, 11) is 1.24. The number of nitrogens with zero attached hydrogens (tertiary/aromatic N) is 1. The van der Waals surface area contributed by atoms with Crippen LogP contribution in [0.25, 0.3) is 0 Å². The van der Waals surface area contributed by atoms with Crippen molar-refractivity contribution in [2.75, 3.05) is 5.32 Å². The van der Waals surface area contributed by atoms with E-state index >= 15 is 0 Å². The summed E-state index contributed by atoms with van der Waals surface area (Å²) in [5.41, 5.74) is -1.55. The molecular formula is C13H10F3N3O4. The van der Waals surface area contributed by atoms with Gasteiger partial charge in [0.25, 0.3) is 11.5 Å². The lowest BCUT2D eigenvalue weighted by Gasteiger charge is -2.10. The minimum Gasteiger partial charge on any atom is -0.406 e. The van der Waals surface area contributed by atoms with Crippen molar-refractivity contribution in [2.45, 2.75) is 6.36 Å². The van der Waals surface area contributed by atoms with Gasteiger partial charge in [0.1, 0.15) is 11.4 Å². The number of benzene rings is 1. The zero-order valence-electron chi connectivity index (χ0n) is 11.6. The lowest BCUT2D eigenvalue weighted by molar-refractivity contribution is -0.274. The van der Waals surface area contributed by atoms with E-state index in [1.807, 2.05) is 0 Å². The summed E-state index contributed by atoms with van der Waals surface area (Å²) >= 11 is 0. The van der Waals surface area contributed by atoms with Crippen LogP contribution in [0.15, 0.2) is 39.9 Å². The molecule has 122 valence electrons. The van der Waals surface area contributed by atoms with Gasteiger partial charge < -0.3 is 15.0 Å². The molecule has 0 aliphatic carbocycles. The van der Waals surface area contributed by atoms with Gasteiger partial charge in [-0.2, -0.15) is 0 Å². The van der Waals surface area contributed by atoms with Crippen LogP contribution in [-0.4, -0.2) is 21.8 Å². The summed E-state index contributed by atoms with van der Waals surface area (Å²) in [4.78, 5) is 36.9. The lowest BCUT2D eigenvalue weighted by Crippen LogP contribution is -2.34. The Morgan fingerprint density at radius 2 is 1.83 bits per heavy atom. The number of amides is 1. The third-order valence-electron chi connectivity index (χ3n) is 2.74. The zero-order valence-corrected chi connectivity index (χ0v) is 11.6. The number of rotatable bonds is 3. The van der Waals surface area contributed by atoms with Gasteiger partial charge in [-0.15, -0.1) is 13.2 Å². The van der Waals surface area contributed by atoms with Crippen LogP contribution >= 0.6 is 0 Å². The van der Waals surface area contributed by atoms with Crippen LogP contribution in [0.2, 0.25) is 0 Å². The molecule has 0 spiro atoms. The highest BCUT2D eigenvalue weighted by Gasteiger charge is 2.30. The monoisotopic (exact) mass is 329 g/mol. The Hall–Kier alpha value is -3.04. The topological polar surface area (TPSA) is 93.2 Å². The van der Waals surface area contributed by atoms with Crippen LogP contribution in [0, 0.1) is 0 Å². The second-order valence-corrected chi connectivity index (χ2v) is 4.41. The SMILES string of the molecule is Cn1c(=O)cc(C(=O)Nc2ccc(OC(F)(F)F)cc2)[nH]c1=O. The highest BCUT2D eigenvalue weighted by molar-refractivity contribution is 6.02. The maximum absolute atomic E-state index is 12.0. The number of hydrogen-bond donors (Lipinski definition) is 2. The molecule has 1 aromatic heterocycles. The highest BCUT2D eigenvalue weighted by atomic mass is 19.4. The molecule has 0 saturated heterocycles. The second-order valence-electron chi connectivity index (χ2n) is 4.41. The smallest absolute Gasteiger partial charge is 0.406 e. The Balaban J connectivity index is 2.15. The maximum Gasteiger partial charge on any atom is 0.573 e. The van der Waals surface area contributed by atoms with Crippen LogP contribution in [0.3, 0.4) is 0 Å². The predicted octanol–water partition coefficient (Wildman–Crippen LogP) is 1.22. The number of aromatic nitrogens is 2. The molecule has 7 nitrogen and oxygen atoms in total. The van der Waals surface area contributed by atoms with Gasteiger partial charge in [-0.3, -0.25) is 14.2 Å². The average Bonchev–Trinajstić information content (AvgIpc) is 2.44. The Kier molecular flexibility index (Phi) is 4.25. The first kappa shape index (κ1) is 16.3. The highest BCUT2D eigenvalue weighted by Crippen LogP contribution is 2.23. The van der Waals surface area contributed by atoms with Gasteiger partial charge in [0.05, 0.1) is 0 Å². The van der Waals surface area contributed by atoms with Crippen LogP contribution in [-0.2, 0) is 7.05 Å². The quantitative estimate of drug-likeness (QED) is 0.885. The van der Waals surface area contributed by atoms with Gasteiger partial charge in [-0.1, -0.05) is 0 Å². The molecule has 10 heteroatoms. The number of ether oxygens (including phenoxy) is 1. The van der Waals surface area contributed by atoms with Crippen molar-refractivity contribution < 1.29 is 22.7 Å². The van der Waals surface area contributed by atoms with Crippen molar-refractivity contribution in [1.82, 2.24) is 9.55 Å². The lowest BCUT2D eigenvalue weighted by atomic mass is 10.3. The number of hydrogen-bond acceptors (Lipinski definition) is 4. The third-order valence-corrected chi connectivity index (χ3v) is 2.74. The van der Waals surface area contributed by atoms with Crippen molar-refractivity contribution in [1.29, 1.82) is 0 Å². The summed E-state index contributed by atoms with van der Waals surface area (Å²) < 4.78 is 40.5. The largest absolute Gasteiger partial charge is 0.573 e. The molecule has 23 heavy (non-hydrogen) atoms. The molecule has 1 aromatic carbocycles. The first-order chi connectivity index (χ1) is 10.7. The van der Waals surface area contributed by atoms with Crippen molar-refractivity contribution in [3.8, 4) is 5.75 Å². The van der Waals surface area contributed by atoms with Gasteiger partial charge in [-0.05, 0) is 24.3 Å². The van der Waals surface area contributed by atoms with Gasteiger partial charge in [0.2, 0.25) is 0 Å². The Morgan fingerprint density at radius 1 is 1.22 bits per heavy atom. The van der Waals surface area contributed by atoms with Crippen molar-refractivity contribution in [2.24, 2.45) is 7.05 Å². The number of aromatic amines is 1. The van der Waals surface area contributed by atoms with Crippen LogP contribution < -0.4 is 21.3 Å². The second kappa shape index (κ2) is 5.99. The average molecular weight is 329 g/mol. The number of alkyl halides is 3. The standard InChI is InChI=1S/C13H10F3N3O4/c1-19-10(20)6-9(18-12(19)22)11(21)17-7-2-4-8(5-3-7)23-13(14,15)16/h2-6H,1H3,(H,17,21)(H,18,22). The molecule has 2 aromatic rings. The molecule has 0 radical (unpaired) electrons. The maximum atomic E-state index is 12.0. The Labute approximate surface area is 126 Å². The summed E-state index contributed by atoms with van der Waals surface area (Å²) in [6.07, 6.45) is -4.81. The summed E-state index contributed by atoms with van der Waals surface area (Å²) in [6, 6.07) is 5.31. The van der Waals surface area contributed by atoms with E-state index in [1.54, 1.807) is 0 Å². The van der Waals surface area contributed by atoms with E-state index in [9.17, 15) is 27.6 Å². The summed E-state index contributed by atoms with van der Waals surface area (Å²) in [5.74, 6) is -1.23. The van der Waals surface area contributed by atoms with E-state index in [4.69, 9.17) is 0 Å². The molecular weight excluding hydrogens is 319 g/mol. The van der Waals surface area contributed by atoms with E-state index in [2.05, 4.69) is 15.0 Å². The molecule has 0 saturated carbocycles. The van der Waals surface area contributed by atoms with Gasteiger partial charge in [-0.25, -0.2) is 4.79 Å². The Morgan fingerprint density at radius 3 is 2.35 bits per heavy atom. The van der Waals surface area contributed by atoms with Crippen LogP contribution in [0.4, 0.5) is 18.9 Å². The van der Waals surface area contributed by atoms with Crippen LogP contribution in [0.5, 0.6) is 5.75 Å². The number of carbonyl (C=O) groups is 1. The molecule has 0 aliphatic rings. The number of carbonyl (C=O) groups excluding carboxylic acids is 1. The minimum absolute atomic E-state index is 0.158. The number of H-pyrrole nitrogens is 1. The van der Waals surface area contributed by atoms with E-state index in [1.165, 1.54) is 19.2 Å². The molecule has 0 fully saturated rings. The van der Waals surface area contributed by atoms with Crippen molar-refractivity contribution in [3.63, 3.8) is 0 Å². The molecule has 2 rings (SSSR count). The minimum atomic E-state index is -4.81. The van der Waals surface area contributed by atoms with Crippen molar-refractivity contribution >= 4 is 11.6 Å². The van der Waals surface area contributed by atoms with E-state index in [-0.39, 0.29) is 11.4 Å². The zero-order chi connectivity index (χ0) is 17.2. The van der Waals surface area contributed by atoms with Gasteiger partial charge in [0, 0.05) is 18.8 Å². The van der Waals surface area contributed by atoms with Crippen LogP contribution in [0.1, 0.15) is 10.5 Å². The van der Waals surface area contributed by atoms with E-state index in [0.29, 0.717) is 0 Å². The first-order valence-electron chi connectivity index (χ1n) is 6.13.